The van der Waals surface area contributed by atoms with E-state index in [4.69, 9.17) is 10.5 Å². The Balaban J connectivity index is 2.43. The van der Waals surface area contributed by atoms with E-state index in [1.54, 1.807) is 0 Å². The number of hydrogen-bond acceptors (Lipinski definition) is 3. The summed E-state index contributed by atoms with van der Waals surface area (Å²) in [4.78, 5) is 0. The van der Waals surface area contributed by atoms with Crippen molar-refractivity contribution in [3.05, 3.63) is 18.2 Å². The zero-order chi connectivity index (χ0) is 8.55. The van der Waals surface area contributed by atoms with Gasteiger partial charge in [-0.15, -0.1) is 0 Å². The van der Waals surface area contributed by atoms with Crippen molar-refractivity contribution in [2.24, 2.45) is 0 Å². The van der Waals surface area contributed by atoms with Gasteiger partial charge in [0.05, 0.1) is 17.9 Å². The largest absolute Gasteiger partial charge is 0.485 e. The summed E-state index contributed by atoms with van der Waals surface area (Å²) in [7, 11) is 0. The minimum absolute atomic E-state index is 0.196. The van der Waals surface area contributed by atoms with Crippen LogP contribution in [0.5, 0.6) is 5.75 Å². The second kappa shape index (κ2) is 2.59. The van der Waals surface area contributed by atoms with Gasteiger partial charge in [0.2, 0.25) is 0 Å². The number of para-hydroxylation sites is 1. The molecule has 3 heteroatoms. The van der Waals surface area contributed by atoms with Crippen LogP contribution in [0.2, 0.25) is 0 Å². The number of nitrogen functional groups attached to an aromatic ring is 1. The molecule has 1 aromatic carbocycles. The predicted octanol–water partition coefficient (Wildman–Crippen LogP) is 1.46. The Morgan fingerprint density at radius 1 is 1.58 bits per heavy atom. The van der Waals surface area contributed by atoms with E-state index in [2.05, 4.69) is 5.32 Å². The van der Waals surface area contributed by atoms with E-state index in [0.717, 1.165) is 18.0 Å². The summed E-state index contributed by atoms with van der Waals surface area (Å²) in [6.45, 7) is 2.86. The molecule has 0 fully saturated rings. The van der Waals surface area contributed by atoms with Gasteiger partial charge in [0, 0.05) is 0 Å². The Morgan fingerprint density at radius 3 is 3.25 bits per heavy atom. The monoisotopic (exact) mass is 164 g/mol. The maximum atomic E-state index is 5.74. The van der Waals surface area contributed by atoms with E-state index in [-0.39, 0.29) is 6.10 Å². The van der Waals surface area contributed by atoms with Crippen molar-refractivity contribution in [1.82, 2.24) is 0 Å². The maximum absolute atomic E-state index is 5.74. The topological polar surface area (TPSA) is 47.3 Å². The lowest BCUT2D eigenvalue weighted by Crippen LogP contribution is -2.28. The normalized spacial score (nSPS) is 20.6. The molecule has 64 valence electrons. The number of benzene rings is 1. The summed E-state index contributed by atoms with van der Waals surface area (Å²) in [5.41, 5.74) is 7.43. The van der Waals surface area contributed by atoms with Crippen molar-refractivity contribution in [2.75, 3.05) is 17.6 Å². The van der Waals surface area contributed by atoms with Crippen LogP contribution >= 0.6 is 0 Å². The van der Waals surface area contributed by atoms with Crippen LogP contribution in [-0.2, 0) is 0 Å². The van der Waals surface area contributed by atoms with Crippen LogP contribution in [0.15, 0.2) is 18.2 Å². The molecule has 12 heavy (non-hydrogen) atoms. The summed E-state index contributed by atoms with van der Waals surface area (Å²) in [6.07, 6.45) is 0.196. The van der Waals surface area contributed by atoms with Gasteiger partial charge < -0.3 is 15.8 Å². The maximum Gasteiger partial charge on any atom is 0.165 e. The van der Waals surface area contributed by atoms with Gasteiger partial charge in [0.15, 0.2) is 5.75 Å². The molecule has 1 heterocycles. The molecule has 1 aliphatic heterocycles. The molecule has 0 amide bonds. The fraction of sp³-hybridized carbons (Fsp3) is 0.333. The molecule has 0 saturated heterocycles. The molecule has 3 nitrogen and oxygen atoms in total. The zero-order valence-corrected chi connectivity index (χ0v) is 7.00. The number of anilines is 2. The van der Waals surface area contributed by atoms with Crippen molar-refractivity contribution >= 4 is 11.4 Å². The number of hydrogen-bond donors (Lipinski definition) is 2. The molecule has 0 aliphatic carbocycles. The number of nitrogens with two attached hydrogens (primary N) is 1. The van der Waals surface area contributed by atoms with Gasteiger partial charge in [0.25, 0.3) is 0 Å². The fourth-order valence-corrected chi connectivity index (χ4v) is 1.32. The molecule has 2 rings (SSSR count). The lowest BCUT2D eigenvalue weighted by Gasteiger charge is -2.25. The van der Waals surface area contributed by atoms with Crippen LogP contribution in [0, 0.1) is 0 Å². The highest BCUT2D eigenvalue weighted by atomic mass is 16.5. The predicted molar refractivity (Wildman–Crippen MR) is 49.4 cm³/mol. The Hall–Kier alpha value is -1.38. The summed E-state index contributed by atoms with van der Waals surface area (Å²) in [5, 5.41) is 3.25. The van der Waals surface area contributed by atoms with E-state index in [1.807, 2.05) is 25.1 Å². The first-order valence-electron chi connectivity index (χ1n) is 4.06. The van der Waals surface area contributed by atoms with Crippen LogP contribution in [0.1, 0.15) is 6.92 Å². The highest BCUT2D eigenvalue weighted by Crippen LogP contribution is 2.34. The van der Waals surface area contributed by atoms with Gasteiger partial charge in [-0.3, -0.25) is 0 Å². The standard InChI is InChI=1S/C9H12N2O/c1-6-5-11-8-4-2-3-7(10)9(8)12-6/h2-4,6,11H,5,10H2,1H3. The SMILES string of the molecule is CC1CNc2cccc(N)c2O1. The van der Waals surface area contributed by atoms with Crippen LogP contribution < -0.4 is 15.8 Å². The molecule has 0 spiro atoms. The fourth-order valence-electron chi connectivity index (χ4n) is 1.32. The van der Waals surface area contributed by atoms with Gasteiger partial charge in [0.1, 0.15) is 6.10 Å². The van der Waals surface area contributed by atoms with Gasteiger partial charge in [-0.05, 0) is 19.1 Å². The smallest absolute Gasteiger partial charge is 0.165 e. The molecular weight excluding hydrogens is 152 g/mol. The van der Waals surface area contributed by atoms with Gasteiger partial charge in [-0.25, -0.2) is 0 Å². The van der Waals surface area contributed by atoms with Gasteiger partial charge in [-0.2, -0.15) is 0 Å². The molecular formula is C9H12N2O. The Kier molecular flexibility index (Phi) is 1.57. The van der Waals surface area contributed by atoms with Crippen molar-refractivity contribution < 1.29 is 4.74 Å². The van der Waals surface area contributed by atoms with Crippen molar-refractivity contribution in [3.8, 4) is 5.75 Å². The average molecular weight is 164 g/mol. The van der Waals surface area contributed by atoms with Crippen molar-refractivity contribution in [1.29, 1.82) is 0 Å². The molecule has 3 N–H and O–H groups in total. The van der Waals surface area contributed by atoms with Crippen molar-refractivity contribution in [2.45, 2.75) is 13.0 Å². The molecule has 0 saturated carbocycles. The first-order valence-corrected chi connectivity index (χ1v) is 4.06. The Morgan fingerprint density at radius 2 is 2.42 bits per heavy atom. The lowest BCUT2D eigenvalue weighted by atomic mass is 10.2. The number of nitrogens with one attached hydrogen (secondary N) is 1. The third-order valence-corrected chi connectivity index (χ3v) is 1.94. The molecule has 1 unspecified atom stereocenters. The third-order valence-electron chi connectivity index (χ3n) is 1.94. The van der Waals surface area contributed by atoms with E-state index < -0.39 is 0 Å². The molecule has 1 aromatic rings. The quantitative estimate of drug-likeness (QED) is 0.571. The second-order valence-electron chi connectivity index (χ2n) is 3.03. The lowest BCUT2D eigenvalue weighted by molar-refractivity contribution is 0.227. The minimum Gasteiger partial charge on any atom is -0.485 e. The number of rotatable bonds is 0. The highest BCUT2D eigenvalue weighted by Gasteiger charge is 2.16. The second-order valence-corrected chi connectivity index (χ2v) is 3.03. The zero-order valence-electron chi connectivity index (χ0n) is 7.00. The summed E-state index contributed by atoms with van der Waals surface area (Å²) in [6, 6.07) is 5.73. The van der Waals surface area contributed by atoms with E-state index in [0.29, 0.717) is 5.69 Å². The Labute approximate surface area is 71.5 Å². The van der Waals surface area contributed by atoms with Crippen LogP contribution in [-0.4, -0.2) is 12.6 Å². The summed E-state index contributed by atoms with van der Waals surface area (Å²) < 4.78 is 5.58. The average Bonchev–Trinajstić information content (AvgIpc) is 2.07. The van der Waals surface area contributed by atoms with Crippen LogP contribution in [0.25, 0.3) is 0 Å². The first-order chi connectivity index (χ1) is 5.77. The van der Waals surface area contributed by atoms with Crippen LogP contribution in [0.3, 0.4) is 0 Å². The third kappa shape index (κ3) is 1.07. The van der Waals surface area contributed by atoms with E-state index in [9.17, 15) is 0 Å². The highest BCUT2D eigenvalue weighted by molar-refractivity contribution is 5.70. The van der Waals surface area contributed by atoms with Crippen LogP contribution in [0.4, 0.5) is 11.4 Å². The van der Waals surface area contributed by atoms with E-state index in [1.165, 1.54) is 0 Å². The van der Waals surface area contributed by atoms with E-state index >= 15 is 0 Å². The molecule has 0 radical (unpaired) electrons. The molecule has 1 aliphatic rings. The Bertz CT molecular complexity index is 299. The first kappa shape index (κ1) is 7.28. The molecule has 1 atom stereocenters. The van der Waals surface area contributed by atoms with Gasteiger partial charge >= 0.3 is 0 Å². The summed E-state index contributed by atoms with van der Waals surface area (Å²) >= 11 is 0. The van der Waals surface area contributed by atoms with Crippen molar-refractivity contribution in [3.63, 3.8) is 0 Å². The molecule has 0 aromatic heterocycles. The molecule has 0 bridgehead atoms. The number of fused-ring (bicyclic) bond motifs is 1. The minimum atomic E-state index is 0.196. The summed E-state index contributed by atoms with van der Waals surface area (Å²) in [5.74, 6) is 0.788. The number of ether oxygens (including phenoxy) is 1. The van der Waals surface area contributed by atoms with Gasteiger partial charge in [-0.1, -0.05) is 6.07 Å².